The van der Waals surface area contributed by atoms with Crippen molar-refractivity contribution in [2.45, 2.75) is 18.9 Å². The average molecular weight is 384 g/mol. The number of phenolic OH excluding ortho intramolecular Hbond substituents is 1. The molecule has 3 aliphatic carbocycles. The van der Waals surface area contributed by atoms with E-state index in [-0.39, 0.29) is 11.3 Å². The molecular weight excluding hydrogens is 364 g/mol. The Morgan fingerprint density at radius 3 is 2.36 bits per heavy atom. The first-order valence-corrected chi connectivity index (χ1v) is 8.73. The third kappa shape index (κ3) is 2.13. The number of carbonyl (C=O) groups is 2. The van der Waals surface area contributed by atoms with Crippen LogP contribution in [0.4, 0.5) is 0 Å². The van der Waals surface area contributed by atoms with E-state index in [1.54, 1.807) is 13.0 Å². The van der Waals surface area contributed by atoms with Gasteiger partial charge in [0.05, 0.1) is 32.8 Å². The van der Waals surface area contributed by atoms with Crippen LogP contribution in [0.3, 0.4) is 0 Å². The topological polar surface area (TPSA) is 102 Å². The van der Waals surface area contributed by atoms with Crippen molar-refractivity contribution >= 4 is 17.1 Å². The van der Waals surface area contributed by atoms with E-state index >= 15 is 0 Å². The van der Waals surface area contributed by atoms with Crippen molar-refractivity contribution in [2.24, 2.45) is 5.41 Å². The zero-order valence-corrected chi connectivity index (χ0v) is 15.9. The highest BCUT2D eigenvalue weighted by molar-refractivity contribution is 6.16. The summed E-state index contributed by atoms with van der Waals surface area (Å²) in [7, 11) is 4.33. The molecule has 0 amide bonds. The minimum Gasteiger partial charge on any atom is -0.507 e. The highest BCUT2D eigenvalue weighted by Gasteiger charge is 2.54. The Bertz CT molecular complexity index is 1010. The number of aromatic hydroxyl groups is 1. The van der Waals surface area contributed by atoms with Crippen molar-refractivity contribution in [3.05, 3.63) is 52.5 Å². The first-order valence-electron chi connectivity index (χ1n) is 8.73. The number of aliphatic hydroxyl groups is 1. The maximum atomic E-state index is 12.7. The lowest BCUT2D eigenvalue weighted by Crippen LogP contribution is -2.47. The summed E-state index contributed by atoms with van der Waals surface area (Å²) in [6, 6.07) is 1.37. The van der Waals surface area contributed by atoms with Crippen LogP contribution in [0.2, 0.25) is 0 Å². The quantitative estimate of drug-likeness (QED) is 0.823. The van der Waals surface area contributed by atoms with Gasteiger partial charge < -0.3 is 24.4 Å². The van der Waals surface area contributed by atoms with Crippen LogP contribution in [0.1, 0.15) is 34.3 Å². The molecule has 0 radical (unpaired) electrons. The van der Waals surface area contributed by atoms with Gasteiger partial charge in [0.25, 0.3) is 0 Å². The molecule has 7 heteroatoms. The molecular formula is C21H20O7. The molecule has 0 spiro atoms. The second-order valence-corrected chi connectivity index (χ2v) is 7.25. The molecule has 0 heterocycles. The monoisotopic (exact) mass is 384 g/mol. The number of fused-ring (bicyclic) bond motifs is 2. The molecule has 146 valence electrons. The van der Waals surface area contributed by atoms with Crippen molar-refractivity contribution < 1.29 is 34.0 Å². The second-order valence-electron chi connectivity index (χ2n) is 7.25. The van der Waals surface area contributed by atoms with Crippen molar-refractivity contribution in [3.8, 4) is 11.5 Å². The van der Waals surface area contributed by atoms with Crippen molar-refractivity contribution in [1.29, 1.82) is 0 Å². The normalized spacial score (nSPS) is 27.8. The van der Waals surface area contributed by atoms with Crippen LogP contribution < -0.4 is 4.74 Å². The van der Waals surface area contributed by atoms with Crippen LogP contribution in [0.15, 0.2) is 35.8 Å². The number of rotatable bonds is 3. The van der Waals surface area contributed by atoms with E-state index < -0.39 is 29.0 Å². The molecule has 7 nitrogen and oxygen atoms in total. The third-order valence-corrected chi connectivity index (χ3v) is 5.82. The molecule has 0 saturated carbocycles. The molecule has 0 aromatic heterocycles. The molecule has 4 rings (SSSR count). The lowest BCUT2D eigenvalue weighted by atomic mass is 9.58. The zero-order valence-electron chi connectivity index (χ0n) is 15.9. The summed E-state index contributed by atoms with van der Waals surface area (Å²) in [5.41, 5.74) is 0.606. The predicted octanol–water partition coefficient (Wildman–Crippen LogP) is 2.09. The fourth-order valence-corrected chi connectivity index (χ4v) is 4.53. The maximum Gasteiger partial charge on any atom is 0.193 e. The Hall–Kier alpha value is -3.06. The zero-order chi connectivity index (χ0) is 20.4. The van der Waals surface area contributed by atoms with Gasteiger partial charge in [-0.1, -0.05) is 13.0 Å². The SMILES string of the molecule is COC1=CC(=O)c2c(O)cc(OC)c3c2C1=CC1(C)C(O)C(=O)C=C(OC)C31. The van der Waals surface area contributed by atoms with Gasteiger partial charge >= 0.3 is 0 Å². The van der Waals surface area contributed by atoms with Gasteiger partial charge in [-0.25, -0.2) is 0 Å². The molecule has 28 heavy (non-hydrogen) atoms. The van der Waals surface area contributed by atoms with E-state index in [4.69, 9.17) is 14.2 Å². The molecule has 0 fully saturated rings. The van der Waals surface area contributed by atoms with Crippen LogP contribution in [0, 0.1) is 5.41 Å². The number of benzene rings is 1. The van der Waals surface area contributed by atoms with Crippen molar-refractivity contribution in [1.82, 2.24) is 0 Å². The lowest BCUT2D eigenvalue weighted by Gasteiger charge is -2.46. The van der Waals surface area contributed by atoms with E-state index in [0.717, 1.165) is 0 Å². The number of phenols is 1. The Balaban J connectivity index is 2.17. The summed E-state index contributed by atoms with van der Waals surface area (Å²) in [5.74, 6) is -0.709. The third-order valence-electron chi connectivity index (χ3n) is 5.82. The molecule has 0 aliphatic heterocycles. The van der Waals surface area contributed by atoms with Gasteiger partial charge in [-0.3, -0.25) is 9.59 Å². The summed E-state index contributed by atoms with van der Waals surface area (Å²) in [4.78, 5) is 25.1. The number of methoxy groups -OCH3 is 3. The number of aliphatic hydroxyl groups excluding tert-OH is 1. The molecule has 0 saturated heterocycles. The minimum absolute atomic E-state index is 0.131. The van der Waals surface area contributed by atoms with Gasteiger partial charge in [0.15, 0.2) is 11.6 Å². The summed E-state index contributed by atoms with van der Waals surface area (Å²) >= 11 is 0. The van der Waals surface area contributed by atoms with E-state index in [1.807, 2.05) is 0 Å². The Morgan fingerprint density at radius 2 is 1.75 bits per heavy atom. The van der Waals surface area contributed by atoms with Crippen LogP contribution in [0.5, 0.6) is 11.5 Å². The first kappa shape index (κ1) is 18.3. The number of hydrogen-bond acceptors (Lipinski definition) is 7. The largest absolute Gasteiger partial charge is 0.507 e. The molecule has 2 N–H and O–H groups in total. The van der Waals surface area contributed by atoms with Crippen molar-refractivity contribution in [2.75, 3.05) is 21.3 Å². The van der Waals surface area contributed by atoms with Crippen LogP contribution in [0.25, 0.3) is 5.57 Å². The molecule has 1 aromatic carbocycles. The second kappa shape index (κ2) is 5.97. The lowest BCUT2D eigenvalue weighted by molar-refractivity contribution is -0.129. The fraction of sp³-hybridized carbons (Fsp3) is 0.333. The number of carbonyl (C=O) groups excluding carboxylic acids is 2. The van der Waals surface area contributed by atoms with Gasteiger partial charge in [0, 0.05) is 40.3 Å². The minimum atomic E-state index is -1.32. The van der Waals surface area contributed by atoms with Crippen LogP contribution in [-0.2, 0) is 14.3 Å². The number of ether oxygens (including phenoxy) is 3. The highest BCUT2D eigenvalue weighted by atomic mass is 16.5. The summed E-state index contributed by atoms with van der Waals surface area (Å²) in [5, 5.41) is 21.3. The van der Waals surface area contributed by atoms with Gasteiger partial charge in [0.1, 0.15) is 29.1 Å². The van der Waals surface area contributed by atoms with Crippen molar-refractivity contribution in [3.63, 3.8) is 0 Å². The average Bonchev–Trinajstić information content (AvgIpc) is 2.67. The maximum absolute atomic E-state index is 12.7. The molecule has 3 unspecified atom stereocenters. The standard InChI is InChI=1S/C21H20O7/c1-21-8-9-13(26-2)5-10(22)17-11(23)6-14(27-3)18(16(9)17)19(21)15(28-4)7-12(24)20(21)25/h5-8,19-20,23,25H,1-4H3. The molecule has 3 atom stereocenters. The number of allylic oxidation sites excluding steroid dienone is 3. The molecule has 3 aliphatic rings. The Kier molecular flexibility index (Phi) is 3.90. The van der Waals surface area contributed by atoms with E-state index in [0.29, 0.717) is 34.0 Å². The Morgan fingerprint density at radius 1 is 1.04 bits per heavy atom. The first-order chi connectivity index (χ1) is 13.3. The van der Waals surface area contributed by atoms with E-state index in [9.17, 15) is 19.8 Å². The predicted molar refractivity (Wildman–Crippen MR) is 99.0 cm³/mol. The number of ketones is 2. The molecule has 1 aromatic rings. The van der Waals surface area contributed by atoms with Crippen LogP contribution in [-0.4, -0.2) is 49.2 Å². The summed E-state index contributed by atoms with van der Waals surface area (Å²) in [6.45, 7) is 1.75. The molecule has 0 bridgehead atoms. The van der Waals surface area contributed by atoms with Gasteiger partial charge in [-0.05, 0) is 0 Å². The van der Waals surface area contributed by atoms with Gasteiger partial charge in [0.2, 0.25) is 0 Å². The number of hydrogen-bond donors (Lipinski definition) is 2. The van der Waals surface area contributed by atoms with E-state index in [1.165, 1.54) is 39.5 Å². The highest BCUT2D eigenvalue weighted by Crippen LogP contribution is 2.59. The van der Waals surface area contributed by atoms with Crippen LogP contribution >= 0.6 is 0 Å². The summed E-state index contributed by atoms with van der Waals surface area (Å²) in [6.07, 6.45) is 2.96. The Labute approximate surface area is 161 Å². The summed E-state index contributed by atoms with van der Waals surface area (Å²) < 4.78 is 16.4. The van der Waals surface area contributed by atoms with Gasteiger partial charge in [-0.15, -0.1) is 0 Å². The fourth-order valence-electron chi connectivity index (χ4n) is 4.53. The smallest absolute Gasteiger partial charge is 0.193 e. The van der Waals surface area contributed by atoms with E-state index in [2.05, 4.69) is 0 Å². The van der Waals surface area contributed by atoms with Gasteiger partial charge in [-0.2, -0.15) is 0 Å².